The van der Waals surface area contributed by atoms with Crippen molar-refractivity contribution in [2.45, 2.75) is 32.2 Å². The Hall–Kier alpha value is -1.84. The fourth-order valence-corrected chi connectivity index (χ4v) is 2.87. The molecule has 1 saturated heterocycles. The van der Waals surface area contributed by atoms with E-state index in [9.17, 15) is 9.59 Å². The van der Waals surface area contributed by atoms with Crippen LogP contribution in [0.5, 0.6) is 0 Å². The molecule has 1 aliphatic heterocycles. The predicted molar refractivity (Wildman–Crippen MR) is 76.0 cm³/mol. The molecule has 1 unspecified atom stereocenters. The second-order valence-corrected chi connectivity index (χ2v) is 5.76. The van der Waals surface area contributed by atoms with Crippen LogP contribution in [0, 0.1) is 12.8 Å². The lowest BCUT2D eigenvalue weighted by molar-refractivity contribution is -0.148. The number of benzene rings is 1. The van der Waals surface area contributed by atoms with Crippen LogP contribution in [-0.4, -0.2) is 29.8 Å². The summed E-state index contributed by atoms with van der Waals surface area (Å²) < 4.78 is 0. The van der Waals surface area contributed by atoms with Crippen molar-refractivity contribution in [3.05, 3.63) is 35.4 Å². The van der Waals surface area contributed by atoms with Crippen LogP contribution in [0.2, 0.25) is 0 Å². The first kappa shape index (κ1) is 13.2. The number of aryl methyl sites for hydroxylation is 1. The van der Waals surface area contributed by atoms with Gasteiger partial charge in [-0.2, -0.15) is 0 Å². The van der Waals surface area contributed by atoms with E-state index in [2.05, 4.69) is 5.32 Å². The van der Waals surface area contributed by atoms with E-state index in [0.29, 0.717) is 13.1 Å². The van der Waals surface area contributed by atoms with Crippen LogP contribution >= 0.6 is 0 Å². The van der Waals surface area contributed by atoms with Crippen molar-refractivity contribution < 1.29 is 9.59 Å². The number of nitrogens with zero attached hydrogens (tertiary/aromatic N) is 1. The third-order valence-corrected chi connectivity index (χ3v) is 4.34. The van der Waals surface area contributed by atoms with Crippen molar-refractivity contribution >= 4 is 11.8 Å². The van der Waals surface area contributed by atoms with E-state index in [1.54, 1.807) is 4.90 Å². The summed E-state index contributed by atoms with van der Waals surface area (Å²) in [5.41, 5.74) is 2.06. The third kappa shape index (κ3) is 2.30. The van der Waals surface area contributed by atoms with Gasteiger partial charge in [-0.15, -0.1) is 0 Å². The standard InChI is InChI=1S/C16H20N2O2/c1-11-5-7-12(8-6-11)14-15(19)17-9-10-18(14)16(20)13-3-2-4-13/h5-8,13-14H,2-4,9-10H2,1H3,(H,17,19). The molecule has 0 bridgehead atoms. The van der Waals surface area contributed by atoms with Gasteiger partial charge in [-0.25, -0.2) is 0 Å². The zero-order chi connectivity index (χ0) is 14.1. The quantitative estimate of drug-likeness (QED) is 0.892. The van der Waals surface area contributed by atoms with Gasteiger partial charge in [0.1, 0.15) is 6.04 Å². The van der Waals surface area contributed by atoms with Crippen LogP contribution in [0.25, 0.3) is 0 Å². The summed E-state index contributed by atoms with van der Waals surface area (Å²) in [4.78, 5) is 26.5. The van der Waals surface area contributed by atoms with Crippen LogP contribution in [0.15, 0.2) is 24.3 Å². The fourth-order valence-electron chi connectivity index (χ4n) is 2.87. The smallest absolute Gasteiger partial charge is 0.247 e. The van der Waals surface area contributed by atoms with Crippen molar-refractivity contribution in [1.29, 1.82) is 0 Å². The summed E-state index contributed by atoms with van der Waals surface area (Å²) in [5, 5.41) is 2.87. The van der Waals surface area contributed by atoms with Crippen molar-refractivity contribution in [2.75, 3.05) is 13.1 Å². The highest BCUT2D eigenvalue weighted by Crippen LogP contribution is 2.32. The van der Waals surface area contributed by atoms with Gasteiger partial charge < -0.3 is 10.2 Å². The van der Waals surface area contributed by atoms with E-state index in [1.807, 2.05) is 31.2 Å². The largest absolute Gasteiger partial charge is 0.352 e. The Morgan fingerprint density at radius 3 is 2.55 bits per heavy atom. The Morgan fingerprint density at radius 1 is 1.25 bits per heavy atom. The third-order valence-electron chi connectivity index (χ3n) is 4.34. The lowest BCUT2D eigenvalue weighted by atomic mass is 9.83. The topological polar surface area (TPSA) is 49.4 Å². The molecule has 1 heterocycles. The highest BCUT2D eigenvalue weighted by Gasteiger charge is 2.38. The minimum Gasteiger partial charge on any atom is -0.352 e. The number of piperazine rings is 1. The molecule has 2 aliphatic rings. The molecule has 1 N–H and O–H groups in total. The molecule has 106 valence electrons. The predicted octanol–water partition coefficient (Wildman–Crippen LogP) is 1.79. The number of hydrogen-bond acceptors (Lipinski definition) is 2. The molecule has 1 aliphatic carbocycles. The molecule has 20 heavy (non-hydrogen) atoms. The molecule has 2 fully saturated rings. The van der Waals surface area contributed by atoms with Crippen LogP contribution < -0.4 is 5.32 Å². The monoisotopic (exact) mass is 272 g/mol. The number of carbonyl (C=O) groups is 2. The van der Waals surface area contributed by atoms with Crippen molar-refractivity contribution in [3.63, 3.8) is 0 Å². The van der Waals surface area contributed by atoms with Gasteiger partial charge in [0.05, 0.1) is 0 Å². The fraction of sp³-hybridized carbons (Fsp3) is 0.500. The summed E-state index contributed by atoms with van der Waals surface area (Å²) in [7, 11) is 0. The van der Waals surface area contributed by atoms with Crippen LogP contribution in [0.1, 0.15) is 36.4 Å². The maximum atomic E-state index is 12.5. The lowest BCUT2D eigenvalue weighted by Crippen LogP contribution is -2.54. The van der Waals surface area contributed by atoms with E-state index in [1.165, 1.54) is 0 Å². The summed E-state index contributed by atoms with van der Waals surface area (Å²) in [6.07, 6.45) is 3.07. The molecular weight excluding hydrogens is 252 g/mol. The average molecular weight is 272 g/mol. The van der Waals surface area contributed by atoms with E-state index in [0.717, 1.165) is 30.4 Å². The van der Waals surface area contributed by atoms with Gasteiger partial charge in [0, 0.05) is 19.0 Å². The molecule has 1 aromatic carbocycles. The lowest BCUT2D eigenvalue weighted by Gasteiger charge is -2.39. The van der Waals surface area contributed by atoms with Crippen LogP contribution in [0.4, 0.5) is 0 Å². The van der Waals surface area contributed by atoms with Crippen molar-refractivity contribution in [1.82, 2.24) is 10.2 Å². The van der Waals surface area contributed by atoms with Crippen molar-refractivity contribution in [3.8, 4) is 0 Å². The normalized spacial score (nSPS) is 23.1. The van der Waals surface area contributed by atoms with Gasteiger partial charge in [0.2, 0.25) is 11.8 Å². The van der Waals surface area contributed by atoms with Crippen molar-refractivity contribution in [2.24, 2.45) is 5.92 Å². The van der Waals surface area contributed by atoms with Gasteiger partial charge in [-0.3, -0.25) is 9.59 Å². The molecule has 4 heteroatoms. The molecule has 2 amide bonds. The Balaban J connectivity index is 1.88. The summed E-state index contributed by atoms with van der Waals surface area (Å²) in [5.74, 6) is 0.221. The number of hydrogen-bond donors (Lipinski definition) is 1. The molecule has 0 spiro atoms. The molecule has 0 aromatic heterocycles. The van der Waals surface area contributed by atoms with Gasteiger partial charge in [0.25, 0.3) is 0 Å². The Bertz CT molecular complexity index is 520. The molecule has 4 nitrogen and oxygen atoms in total. The van der Waals surface area contributed by atoms with Crippen LogP contribution in [0.3, 0.4) is 0 Å². The average Bonchev–Trinajstić information content (AvgIpc) is 2.38. The van der Waals surface area contributed by atoms with E-state index in [-0.39, 0.29) is 17.7 Å². The van der Waals surface area contributed by atoms with Gasteiger partial charge in [0.15, 0.2) is 0 Å². The molecule has 1 aromatic rings. The summed E-state index contributed by atoms with van der Waals surface area (Å²) in [6.45, 7) is 3.18. The van der Waals surface area contributed by atoms with Crippen LogP contribution in [-0.2, 0) is 9.59 Å². The second kappa shape index (κ2) is 5.27. The molecular formula is C16H20N2O2. The van der Waals surface area contributed by atoms with E-state index < -0.39 is 6.04 Å². The van der Waals surface area contributed by atoms with E-state index in [4.69, 9.17) is 0 Å². The number of nitrogens with one attached hydrogen (secondary N) is 1. The first-order valence-corrected chi connectivity index (χ1v) is 7.31. The minimum atomic E-state index is -0.461. The Labute approximate surface area is 119 Å². The summed E-state index contributed by atoms with van der Waals surface area (Å²) in [6, 6.07) is 7.42. The summed E-state index contributed by atoms with van der Waals surface area (Å²) >= 11 is 0. The Kier molecular flexibility index (Phi) is 3.47. The maximum absolute atomic E-state index is 12.5. The molecule has 1 atom stereocenters. The van der Waals surface area contributed by atoms with E-state index >= 15 is 0 Å². The first-order valence-electron chi connectivity index (χ1n) is 7.31. The number of carbonyl (C=O) groups excluding carboxylic acids is 2. The number of rotatable bonds is 2. The molecule has 0 radical (unpaired) electrons. The number of amides is 2. The minimum absolute atomic E-state index is 0.0622. The SMILES string of the molecule is Cc1ccc(C2C(=O)NCCN2C(=O)C2CCC2)cc1. The zero-order valence-corrected chi connectivity index (χ0v) is 11.8. The highest BCUT2D eigenvalue weighted by atomic mass is 16.2. The first-order chi connectivity index (χ1) is 9.66. The second-order valence-electron chi connectivity index (χ2n) is 5.76. The molecule has 1 saturated carbocycles. The molecule has 3 rings (SSSR count). The van der Waals surface area contributed by atoms with Gasteiger partial charge in [-0.1, -0.05) is 36.2 Å². The highest BCUT2D eigenvalue weighted by molar-refractivity contribution is 5.90. The zero-order valence-electron chi connectivity index (χ0n) is 11.8. The van der Waals surface area contributed by atoms with Gasteiger partial charge >= 0.3 is 0 Å². The Morgan fingerprint density at radius 2 is 1.95 bits per heavy atom. The van der Waals surface area contributed by atoms with Gasteiger partial charge in [-0.05, 0) is 25.3 Å². The maximum Gasteiger partial charge on any atom is 0.247 e.